The van der Waals surface area contributed by atoms with Crippen LogP contribution in [0.1, 0.15) is 24.6 Å². The molecule has 6 heteroatoms. The maximum atomic E-state index is 6.04. The molecule has 1 aromatic carbocycles. The number of nitrogens with zero attached hydrogens (tertiary/aromatic N) is 2. The Morgan fingerprint density at radius 3 is 2.63 bits per heavy atom. The van der Waals surface area contributed by atoms with E-state index >= 15 is 0 Å². The first-order chi connectivity index (χ1) is 9.11. The fourth-order valence-corrected chi connectivity index (χ4v) is 2.95. The van der Waals surface area contributed by atoms with Gasteiger partial charge in [0.1, 0.15) is 16.8 Å². The van der Waals surface area contributed by atoms with Gasteiger partial charge in [-0.3, -0.25) is 0 Å². The van der Waals surface area contributed by atoms with Gasteiger partial charge in [-0.05, 0) is 53.6 Å². The average Bonchev–Trinajstić information content (AvgIpc) is 3.16. The van der Waals surface area contributed by atoms with Crippen molar-refractivity contribution in [1.29, 1.82) is 0 Å². The van der Waals surface area contributed by atoms with Crippen LogP contribution in [-0.4, -0.2) is 9.97 Å². The first-order valence-corrected chi connectivity index (χ1v) is 7.72. The molecule has 3 nitrogen and oxygen atoms in total. The molecule has 0 amide bonds. The van der Waals surface area contributed by atoms with Crippen LogP contribution in [0.3, 0.4) is 0 Å². The molecule has 1 aliphatic carbocycles. The number of rotatable bonds is 3. The molecule has 19 heavy (non-hydrogen) atoms. The van der Waals surface area contributed by atoms with Crippen LogP contribution in [0.2, 0.25) is 10.2 Å². The van der Waals surface area contributed by atoms with Gasteiger partial charge in [-0.25, -0.2) is 9.97 Å². The summed E-state index contributed by atoms with van der Waals surface area (Å²) in [7, 11) is 0. The summed E-state index contributed by atoms with van der Waals surface area (Å²) in [6.07, 6.45) is 2.30. The number of anilines is 2. The SMILES string of the molecule is Clc1ccc(Nc2cc(Cl)nc(C3CC3)n2)c(I)c1. The van der Waals surface area contributed by atoms with Crippen LogP contribution in [0.5, 0.6) is 0 Å². The van der Waals surface area contributed by atoms with Crippen LogP contribution in [0.25, 0.3) is 0 Å². The second-order valence-electron chi connectivity index (χ2n) is 4.46. The van der Waals surface area contributed by atoms with E-state index in [1.54, 1.807) is 6.07 Å². The Hall–Kier alpha value is -0.590. The summed E-state index contributed by atoms with van der Waals surface area (Å²) < 4.78 is 1.04. The summed E-state index contributed by atoms with van der Waals surface area (Å²) in [5.74, 6) is 2.03. The minimum atomic E-state index is 0.475. The van der Waals surface area contributed by atoms with E-state index in [1.165, 1.54) is 0 Å². The summed E-state index contributed by atoms with van der Waals surface area (Å²) in [4.78, 5) is 8.78. The van der Waals surface area contributed by atoms with Crippen LogP contribution in [0.15, 0.2) is 24.3 Å². The van der Waals surface area contributed by atoms with Crippen molar-refractivity contribution in [3.05, 3.63) is 43.8 Å². The summed E-state index contributed by atoms with van der Waals surface area (Å²) >= 11 is 14.2. The van der Waals surface area contributed by atoms with E-state index in [0.29, 0.717) is 16.1 Å². The van der Waals surface area contributed by atoms with E-state index in [9.17, 15) is 0 Å². The maximum absolute atomic E-state index is 6.04. The molecule has 1 fully saturated rings. The van der Waals surface area contributed by atoms with Gasteiger partial charge in [-0.15, -0.1) is 0 Å². The number of benzene rings is 1. The van der Waals surface area contributed by atoms with E-state index in [-0.39, 0.29) is 0 Å². The Balaban J connectivity index is 1.89. The summed E-state index contributed by atoms with van der Waals surface area (Å²) in [6, 6.07) is 7.40. The number of hydrogen-bond acceptors (Lipinski definition) is 3. The Kier molecular flexibility index (Phi) is 3.82. The molecule has 0 unspecified atom stereocenters. The zero-order chi connectivity index (χ0) is 13.4. The van der Waals surface area contributed by atoms with Crippen molar-refractivity contribution in [3.8, 4) is 0 Å². The highest BCUT2D eigenvalue weighted by atomic mass is 127. The Bertz CT molecular complexity index is 629. The molecule has 3 rings (SSSR count). The highest BCUT2D eigenvalue weighted by Gasteiger charge is 2.27. The molecule has 0 aliphatic heterocycles. The zero-order valence-corrected chi connectivity index (χ0v) is 13.5. The van der Waals surface area contributed by atoms with Gasteiger partial charge in [0.25, 0.3) is 0 Å². The Morgan fingerprint density at radius 2 is 1.95 bits per heavy atom. The van der Waals surface area contributed by atoms with Crippen molar-refractivity contribution in [3.63, 3.8) is 0 Å². The molecule has 0 saturated heterocycles. The molecule has 2 aromatic rings. The first-order valence-electron chi connectivity index (χ1n) is 5.88. The number of halogens is 3. The van der Waals surface area contributed by atoms with Crippen molar-refractivity contribution < 1.29 is 0 Å². The Morgan fingerprint density at radius 1 is 1.16 bits per heavy atom. The predicted octanol–water partition coefficient (Wildman–Crippen LogP) is 5.01. The molecular formula is C13H10Cl2IN3. The normalized spacial score (nSPS) is 14.5. The molecule has 1 heterocycles. The van der Waals surface area contributed by atoms with Gasteiger partial charge in [0.05, 0.1) is 5.69 Å². The van der Waals surface area contributed by atoms with Gasteiger partial charge >= 0.3 is 0 Å². The monoisotopic (exact) mass is 405 g/mol. The van der Waals surface area contributed by atoms with E-state index in [2.05, 4.69) is 37.9 Å². The van der Waals surface area contributed by atoms with Crippen LogP contribution in [0.4, 0.5) is 11.5 Å². The lowest BCUT2D eigenvalue weighted by Gasteiger charge is -2.09. The van der Waals surface area contributed by atoms with Gasteiger partial charge in [0.15, 0.2) is 0 Å². The molecule has 1 saturated carbocycles. The maximum Gasteiger partial charge on any atom is 0.135 e. The highest BCUT2D eigenvalue weighted by molar-refractivity contribution is 14.1. The lowest BCUT2D eigenvalue weighted by Crippen LogP contribution is -2.00. The second kappa shape index (κ2) is 5.42. The summed E-state index contributed by atoms with van der Waals surface area (Å²) in [6.45, 7) is 0. The van der Waals surface area contributed by atoms with Gasteiger partial charge < -0.3 is 5.32 Å². The third kappa shape index (κ3) is 3.30. The van der Waals surface area contributed by atoms with Crippen LogP contribution >= 0.6 is 45.8 Å². The van der Waals surface area contributed by atoms with Gasteiger partial charge in [-0.2, -0.15) is 0 Å². The standard InChI is InChI=1S/C13H10Cl2IN3/c14-8-3-4-10(9(16)5-8)17-12-6-11(15)18-13(19-12)7-1-2-7/h3-7H,1-2H2,(H,17,18,19). The van der Waals surface area contributed by atoms with Crippen molar-refractivity contribution in [2.45, 2.75) is 18.8 Å². The smallest absolute Gasteiger partial charge is 0.135 e. The molecular weight excluding hydrogens is 396 g/mol. The molecule has 1 N–H and O–H groups in total. The minimum Gasteiger partial charge on any atom is -0.339 e. The summed E-state index contributed by atoms with van der Waals surface area (Å²) in [5, 5.41) is 4.45. The van der Waals surface area contributed by atoms with E-state index < -0.39 is 0 Å². The molecule has 1 aromatic heterocycles. The van der Waals surface area contributed by atoms with E-state index in [4.69, 9.17) is 23.2 Å². The van der Waals surface area contributed by atoms with Crippen molar-refractivity contribution in [1.82, 2.24) is 9.97 Å². The van der Waals surface area contributed by atoms with Crippen molar-refractivity contribution in [2.24, 2.45) is 0 Å². The quantitative estimate of drug-likeness (QED) is 0.576. The fraction of sp³-hybridized carbons (Fsp3) is 0.231. The average molecular weight is 406 g/mol. The molecule has 0 spiro atoms. The van der Waals surface area contributed by atoms with Crippen molar-refractivity contribution >= 4 is 57.3 Å². The topological polar surface area (TPSA) is 37.8 Å². The van der Waals surface area contributed by atoms with Crippen LogP contribution < -0.4 is 5.32 Å². The first kappa shape index (κ1) is 13.4. The third-order valence-corrected chi connectivity index (χ3v) is 4.17. The zero-order valence-electron chi connectivity index (χ0n) is 9.83. The van der Waals surface area contributed by atoms with Crippen LogP contribution in [-0.2, 0) is 0 Å². The molecule has 0 bridgehead atoms. The molecule has 0 atom stereocenters. The van der Waals surface area contributed by atoms with E-state index in [1.807, 2.05) is 18.2 Å². The predicted molar refractivity (Wildman–Crippen MR) is 86.5 cm³/mol. The highest BCUT2D eigenvalue weighted by Crippen LogP contribution is 2.39. The third-order valence-electron chi connectivity index (χ3n) is 2.85. The van der Waals surface area contributed by atoms with Gasteiger partial charge in [0, 0.05) is 20.6 Å². The van der Waals surface area contributed by atoms with Gasteiger partial charge in [-0.1, -0.05) is 23.2 Å². The largest absolute Gasteiger partial charge is 0.339 e. The van der Waals surface area contributed by atoms with Crippen molar-refractivity contribution in [2.75, 3.05) is 5.32 Å². The number of hydrogen-bond donors (Lipinski definition) is 1. The van der Waals surface area contributed by atoms with E-state index in [0.717, 1.165) is 33.7 Å². The lowest BCUT2D eigenvalue weighted by molar-refractivity contribution is 0.930. The van der Waals surface area contributed by atoms with Gasteiger partial charge in [0.2, 0.25) is 0 Å². The molecule has 98 valence electrons. The fourth-order valence-electron chi connectivity index (χ4n) is 1.75. The molecule has 1 aliphatic rings. The lowest BCUT2D eigenvalue weighted by atomic mass is 10.3. The molecule has 0 radical (unpaired) electrons. The number of aromatic nitrogens is 2. The second-order valence-corrected chi connectivity index (χ2v) is 6.44. The Labute approximate surface area is 134 Å². The summed E-state index contributed by atoms with van der Waals surface area (Å²) in [5.41, 5.74) is 0.960. The minimum absolute atomic E-state index is 0.475. The number of nitrogens with one attached hydrogen (secondary N) is 1. The van der Waals surface area contributed by atoms with Crippen LogP contribution in [0, 0.1) is 3.57 Å².